The number of pyridine rings is 1. The number of nitrogens with one attached hydrogen (secondary N) is 1. The van der Waals surface area contributed by atoms with Crippen LogP contribution >= 0.6 is 0 Å². The zero-order valence-corrected chi connectivity index (χ0v) is 16.4. The zero-order valence-electron chi connectivity index (χ0n) is 16.4. The van der Waals surface area contributed by atoms with Crippen molar-refractivity contribution >= 4 is 23.2 Å². The van der Waals surface area contributed by atoms with Crippen LogP contribution < -0.4 is 5.32 Å². The Morgan fingerprint density at radius 3 is 2.59 bits per heavy atom. The first-order valence-corrected chi connectivity index (χ1v) is 9.68. The number of fused-ring (bicyclic) bond motifs is 1. The van der Waals surface area contributed by atoms with Crippen LogP contribution in [-0.4, -0.2) is 53.5 Å². The highest BCUT2D eigenvalue weighted by Crippen LogP contribution is 2.25. The molecule has 150 valence electrons. The number of anilines is 1. The second-order valence-electron chi connectivity index (χ2n) is 7.26. The Balaban J connectivity index is 1.34. The van der Waals surface area contributed by atoms with E-state index in [2.05, 4.69) is 16.4 Å². The second kappa shape index (κ2) is 8.45. The molecule has 1 aromatic heterocycles. The molecule has 0 radical (unpaired) electrons. The number of methoxy groups -OCH3 is 1. The molecule has 0 spiro atoms. The summed E-state index contributed by atoms with van der Waals surface area (Å²) in [6, 6.07) is 9.70. The van der Waals surface area contributed by atoms with Crippen molar-refractivity contribution in [3.8, 4) is 0 Å². The Labute approximate surface area is 170 Å². The fourth-order valence-corrected chi connectivity index (χ4v) is 3.71. The van der Waals surface area contributed by atoms with Crippen molar-refractivity contribution in [2.75, 3.05) is 32.1 Å². The van der Waals surface area contributed by atoms with Gasteiger partial charge in [-0.2, -0.15) is 0 Å². The lowest BCUT2D eigenvalue weighted by molar-refractivity contribution is -0.134. The summed E-state index contributed by atoms with van der Waals surface area (Å²) in [6.45, 7) is 2.60. The molecule has 2 aromatic rings. The van der Waals surface area contributed by atoms with Crippen LogP contribution in [-0.2, 0) is 22.6 Å². The molecule has 1 aromatic carbocycles. The number of nitrogens with zero attached hydrogens (tertiary/aromatic N) is 3. The molecule has 3 heterocycles. The van der Waals surface area contributed by atoms with Crippen LogP contribution in [0.3, 0.4) is 0 Å². The first kappa shape index (κ1) is 19.1. The molecule has 0 fully saturated rings. The first-order chi connectivity index (χ1) is 14.1. The van der Waals surface area contributed by atoms with E-state index in [9.17, 15) is 9.59 Å². The van der Waals surface area contributed by atoms with Gasteiger partial charge in [-0.25, -0.2) is 4.79 Å². The molecule has 7 heteroatoms. The highest BCUT2D eigenvalue weighted by molar-refractivity contribution is 5.90. The molecule has 0 aliphatic carbocycles. The van der Waals surface area contributed by atoms with E-state index >= 15 is 0 Å². The lowest BCUT2D eigenvalue weighted by atomic mass is 9.99. The number of carbonyl (C=O) groups excluding carboxylic acids is 2. The molecule has 29 heavy (non-hydrogen) atoms. The minimum Gasteiger partial charge on any atom is -0.375 e. The summed E-state index contributed by atoms with van der Waals surface area (Å²) in [5.41, 5.74) is 5.34. The molecule has 7 nitrogen and oxygen atoms in total. The van der Waals surface area contributed by atoms with Crippen molar-refractivity contribution in [1.29, 1.82) is 0 Å². The molecule has 2 aliphatic rings. The average Bonchev–Trinajstić information content (AvgIpc) is 3.19. The molecule has 0 unspecified atom stereocenters. The van der Waals surface area contributed by atoms with Crippen molar-refractivity contribution < 1.29 is 14.3 Å². The summed E-state index contributed by atoms with van der Waals surface area (Å²) >= 11 is 0. The number of aromatic nitrogens is 1. The third kappa shape index (κ3) is 4.30. The largest absolute Gasteiger partial charge is 0.375 e. The molecule has 4 rings (SSSR count). The Bertz CT molecular complexity index is 914. The number of urea groups is 1. The quantitative estimate of drug-likeness (QED) is 0.868. The predicted octanol–water partition coefficient (Wildman–Crippen LogP) is 2.89. The smallest absolute Gasteiger partial charge is 0.322 e. The molecule has 1 N–H and O–H groups in total. The van der Waals surface area contributed by atoms with Crippen molar-refractivity contribution in [3.05, 3.63) is 65.5 Å². The van der Waals surface area contributed by atoms with Crippen LogP contribution in [0.2, 0.25) is 0 Å². The molecule has 3 amide bonds. The van der Waals surface area contributed by atoms with Crippen LogP contribution in [0.25, 0.3) is 5.57 Å². The summed E-state index contributed by atoms with van der Waals surface area (Å²) in [6.07, 6.45) is 6.46. The Hall–Kier alpha value is -3.19. The van der Waals surface area contributed by atoms with Gasteiger partial charge in [-0.3, -0.25) is 9.78 Å². The normalized spacial score (nSPS) is 15.7. The third-order valence-electron chi connectivity index (χ3n) is 5.35. The number of carbonyl (C=O) groups is 2. The van der Waals surface area contributed by atoms with Gasteiger partial charge in [-0.05, 0) is 46.9 Å². The lowest BCUT2D eigenvalue weighted by Gasteiger charge is -2.26. The molecule has 2 aliphatic heterocycles. The third-order valence-corrected chi connectivity index (χ3v) is 5.35. The minimum absolute atomic E-state index is 0.0145. The molecule has 0 saturated heterocycles. The molecular weight excluding hydrogens is 368 g/mol. The number of benzene rings is 1. The van der Waals surface area contributed by atoms with Crippen molar-refractivity contribution in [2.24, 2.45) is 0 Å². The summed E-state index contributed by atoms with van der Waals surface area (Å²) < 4.78 is 4.92. The second-order valence-corrected chi connectivity index (χ2v) is 7.26. The maximum absolute atomic E-state index is 12.6. The molecule has 0 atom stereocenters. The number of rotatable bonds is 4. The standard InChI is InChI=1S/C22H24N4O3/c1-29-15-21(27)25-10-7-17(8-11-25)16-2-4-20(5-3-16)24-22(28)26-13-18-6-9-23-12-19(18)14-26/h2-7,9,12H,8,10-11,13-15H2,1H3,(H,24,28). The van der Waals surface area contributed by atoms with Gasteiger partial charge in [-0.15, -0.1) is 0 Å². The predicted molar refractivity (Wildman–Crippen MR) is 110 cm³/mol. The first-order valence-electron chi connectivity index (χ1n) is 9.68. The summed E-state index contributed by atoms with van der Waals surface area (Å²) in [7, 11) is 1.53. The fourth-order valence-electron chi connectivity index (χ4n) is 3.71. The van der Waals surface area contributed by atoms with Crippen LogP contribution in [0, 0.1) is 0 Å². The van der Waals surface area contributed by atoms with Gasteiger partial charge in [0.2, 0.25) is 5.91 Å². The van der Waals surface area contributed by atoms with E-state index in [-0.39, 0.29) is 18.5 Å². The van der Waals surface area contributed by atoms with Gasteiger partial charge in [0.15, 0.2) is 0 Å². The van der Waals surface area contributed by atoms with Gasteiger partial charge in [-0.1, -0.05) is 18.2 Å². The van der Waals surface area contributed by atoms with E-state index in [1.165, 1.54) is 12.7 Å². The van der Waals surface area contributed by atoms with Crippen molar-refractivity contribution in [3.63, 3.8) is 0 Å². The van der Waals surface area contributed by atoms with Crippen molar-refractivity contribution in [1.82, 2.24) is 14.8 Å². The highest BCUT2D eigenvalue weighted by Gasteiger charge is 2.23. The van der Waals surface area contributed by atoms with Crippen LogP contribution in [0.15, 0.2) is 48.8 Å². The van der Waals surface area contributed by atoms with Crippen LogP contribution in [0.4, 0.5) is 10.5 Å². The van der Waals surface area contributed by atoms with E-state index in [1.54, 1.807) is 16.0 Å². The minimum atomic E-state index is -0.113. The SMILES string of the molecule is COCC(=O)N1CC=C(c2ccc(NC(=O)N3Cc4ccncc4C3)cc2)CC1. The average molecular weight is 392 g/mol. The van der Waals surface area contributed by atoms with Gasteiger partial charge in [0, 0.05) is 51.4 Å². The molecule has 0 saturated carbocycles. The highest BCUT2D eigenvalue weighted by atomic mass is 16.5. The van der Waals surface area contributed by atoms with E-state index in [4.69, 9.17) is 4.74 Å². The molecular formula is C22H24N4O3. The maximum Gasteiger partial charge on any atom is 0.322 e. The number of hydrogen-bond acceptors (Lipinski definition) is 4. The van der Waals surface area contributed by atoms with Gasteiger partial charge in [0.05, 0.1) is 0 Å². The van der Waals surface area contributed by atoms with Gasteiger partial charge >= 0.3 is 6.03 Å². The van der Waals surface area contributed by atoms with E-state index in [0.717, 1.165) is 28.8 Å². The van der Waals surface area contributed by atoms with Crippen LogP contribution in [0.1, 0.15) is 23.1 Å². The van der Waals surface area contributed by atoms with Gasteiger partial charge in [0.25, 0.3) is 0 Å². The maximum atomic E-state index is 12.6. The van der Waals surface area contributed by atoms with Gasteiger partial charge in [0.1, 0.15) is 6.61 Å². The lowest BCUT2D eigenvalue weighted by Crippen LogP contribution is -2.36. The topological polar surface area (TPSA) is 74.8 Å². The number of ether oxygens (including phenoxy) is 1. The monoisotopic (exact) mass is 392 g/mol. The Kier molecular flexibility index (Phi) is 5.57. The molecule has 0 bridgehead atoms. The van der Waals surface area contributed by atoms with Gasteiger partial charge < -0.3 is 19.9 Å². The Morgan fingerprint density at radius 2 is 1.90 bits per heavy atom. The Morgan fingerprint density at radius 1 is 1.10 bits per heavy atom. The zero-order chi connectivity index (χ0) is 20.2. The summed E-state index contributed by atoms with van der Waals surface area (Å²) in [5.74, 6) is 0.0145. The summed E-state index contributed by atoms with van der Waals surface area (Å²) in [4.78, 5) is 32.1. The fraction of sp³-hybridized carbons (Fsp3) is 0.318. The van der Waals surface area contributed by atoms with E-state index in [0.29, 0.717) is 26.2 Å². The van der Waals surface area contributed by atoms with E-state index < -0.39 is 0 Å². The van der Waals surface area contributed by atoms with E-state index in [1.807, 2.05) is 36.5 Å². The number of amides is 3. The summed E-state index contributed by atoms with van der Waals surface area (Å²) in [5, 5.41) is 2.97. The van der Waals surface area contributed by atoms with Crippen LogP contribution in [0.5, 0.6) is 0 Å². The number of hydrogen-bond donors (Lipinski definition) is 1. The van der Waals surface area contributed by atoms with Crippen molar-refractivity contribution in [2.45, 2.75) is 19.5 Å².